The molecule has 7 N–H and O–H groups in total. The maximum atomic E-state index is 14.2. The molecule has 11 nitrogen and oxygen atoms in total. The van der Waals surface area contributed by atoms with Crippen LogP contribution in [0, 0.1) is 11.8 Å². The Morgan fingerprint density at radius 3 is 2.34 bits per heavy atom. The number of aliphatic hydroxyl groups is 4. The first-order chi connectivity index (χ1) is 20.6. The predicted octanol–water partition coefficient (Wildman–Crippen LogP) is 2.20. The van der Waals surface area contributed by atoms with E-state index < -0.39 is 81.1 Å². The van der Waals surface area contributed by atoms with E-state index in [-0.39, 0.29) is 11.3 Å². The molecule has 3 aliphatic carbocycles. The Kier molecular flexibility index (Phi) is 8.24. The molecule has 0 saturated carbocycles. The van der Waals surface area contributed by atoms with Crippen molar-refractivity contribution in [2.45, 2.75) is 82.0 Å². The number of benzene rings is 1. The van der Waals surface area contributed by atoms with Gasteiger partial charge >= 0.3 is 0 Å². The molecular formula is C33H45N3O8. The second-order valence-corrected chi connectivity index (χ2v) is 13.9. The summed E-state index contributed by atoms with van der Waals surface area (Å²) in [5.74, 6) is -8.75. The summed E-state index contributed by atoms with van der Waals surface area (Å²) in [6, 6.07) is 2.28. The number of hydrogen-bond acceptors (Lipinski definition) is 10. The van der Waals surface area contributed by atoms with Gasteiger partial charge in [-0.3, -0.25) is 19.3 Å². The minimum atomic E-state index is -2.93. The molecule has 1 heterocycles. The number of phenols is 1. The van der Waals surface area contributed by atoms with Gasteiger partial charge < -0.3 is 36.2 Å². The Hall–Kier alpha value is -3.25. The SMILES string of the molecule is C[C@H]1c2ccc(C(C)(C)CCCN3CCCCC3)c(O)c2C(=O)C2=C(O)[C@]3(O)C(=O)C(C(N)=O)=C(O)[C@@H](N(C)C)[C@@H]3[C@@H](O)[C@@H]21. The summed E-state index contributed by atoms with van der Waals surface area (Å²) in [6.45, 7) is 8.87. The van der Waals surface area contributed by atoms with Crippen LogP contribution in [-0.4, -0.2) is 104 Å². The topological polar surface area (TPSA) is 185 Å². The highest BCUT2D eigenvalue weighted by Crippen LogP contribution is 2.56. The molecule has 11 heteroatoms. The van der Waals surface area contributed by atoms with Crippen molar-refractivity contribution in [3.63, 3.8) is 0 Å². The Labute approximate surface area is 257 Å². The van der Waals surface area contributed by atoms with Gasteiger partial charge in [0.1, 0.15) is 22.8 Å². The molecule has 0 spiro atoms. The molecule has 44 heavy (non-hydrogen) atoms. The number of fused-ring (bicyclic) bond motifs is 3. The zero-order valence-electron chi connectivity index (χ0n) is 26.1. The fourth-order valence-electron chi connectivity index (χ4n) is 8.23. The monoisotopic (exact) mass is 611 g/mol. The van der Waals surface area contributed by atoms with Gasteiger partial charge in [-0.1, -0.05) is 39.3 Å². The molecule has 0 radical (unpaired) electrons. The molecule has 5 rings (SSSR count). The molecule has 1 amide bonds. The van der Waals surface area contributed by atoms with Crippen LogP contribution in [-0.2, 0) is 15.0 Å². The second kappa shape index (κ2) is 11.3. The molecule has 1 fully saturated rings. The Morgan fingerprint density at radius 1 is 1.11 bits per heavy atom. The molecule has 1 aliphatic heterocycles. The molecule has 1 aromatic carbocycles. The van der Waals surface area contributed by atoms with E-state index in [0.717, 1.165) is 32.5 Å². The number of carbonyl (C=O) groups is 3. The highest BCUT2D eigenvalue weighted by Gasteiger charge is 2.67. The van der Waals surface area contributed by atoms with Gasteiger partial charge in [-0.25, -0.2) is 0 Å². The number of likely N-dealkylation sites (N-methyl/N-ethyl adjacent to an activating group) is 1. The number of aromatic hydroxyl groups is 1. The van der Waals surface area contributed by atoms with Crippen LogP contribution in [0.5, 0.6) is 5.75 Å². The van der Waals surface area contributed by atoms with E-state index in [1.807, 2.05) is 13.8 Å². The largest absolute Gasteiger partial charge is 0.510 e. The summed E-state index contributed by atoms with van der Waals surface area (Å²) in [4.78, 5) is 43.9. The number of hydrogen-bond donors (Lipinski definition) is 6. The van der Waals surface area contributed by atoms with Crippen LogP contribution in [0.2, 0.25) is 0 Å². The zero-order chi connectivity index (χ0) is 32.5. The van der Waals surface area contributed by atoms with Crippen LogP contribution >= 0.6 is 0 Å². The van der Waals surface area contributed by atoms with Gasteiger partial charge in [0.25, 0.3) is 5.91 Å². The number of primary amides is 1. The smallest absolute Gasteiger partial charge is 0.255 e. The van der Waals surface area contributed by atoms with Gasteiger partial charge in [0, 0.05) is 17.1 Å². The number of aliphatic hydroxyl groups excluding tert-OH is 3. The maximum Gasteiger partial charge on any atom is 0.255 e. The average molecular weight is 612 g/mol. The van der Waals surface area contributed by atoms with Crippen molar-refractivity contribution in [1.82, 2.24) is 9.80 Å². The third-order valence-electron chi connectivity index (χ3n) is 10.6. The number of rotatable bonds is 7. The molecule has 1 aromatic rings. The summed E-state index contributed by atoms with van der Waals surface area (Å²) in [5.41, 5.74) is 1.64. The first kappa shape index (κ1) is 32.2. The standard InChI is InChI=1S/C33H45N3O8/c1-16-17-10-11-18(32(2,3)12-9-15-36-13-7-6-8-14-36)25(37)20(17)26(38)21-19(16)27(39)23-24(35(4)5)28(40)22(31(34)43)30(42)33(23,44)29(21)41/h10-11,16,19,23-24,27,37,39-41,44H,6-9,12-15H2,1-5H3,(H2,34,43)/t16-,19+,23+,24-,27-,33-/m0/s1. The quantitative estimate of drug-likeness (QED) is 0.250. The molecule has 0 bridgehead atoms. The van der Waals surface area contributed by atoms with Gasteiger partial charge in [-0.15, -0.1) is 0 Å². The fraction of sp³-hybridized carbons (Fsp3) is 0.606. The van der Waals surface area contributed by atoms with Gasteiger partial charge in [-0.2, -0.15) is 0 Å². The third kappa shape index (κ3) is 4.67. The third-order valence-corrected chi connectivity index (χ3v) is 10.6. The van der Waals surface area contributed by atoms with Gasteiger partial charge in [-0.05, 0) is 76.3 Å². The van der Waals surface area contributed by atoms with E-state index in [4.69, 9.17) is 5.73 Å². The number of likely N-dealkylation sites (tertiary alicyclic amines) is 1. The summed E-state index contributed by atoms with van der Waals surface area (Å²) in [5, 5.41) is 57.9. The molecular weight excluding hydrogens is 566 g/mol. The maximum absolute atomic E-state index is 14.2. The second-order valence-electron chi connectivity index (χ2n) is 13.9. The van der Waals surface area contributed by atoms with Crippen LogP contribution < -0.4 is 5.73 Å². The molecule has 1 saturated heterocycles. The van der Waals surface area contributed by atoms with Gasteiger partial charge in [0.2, 0.25) is 5.78 Å². The lowest BCUT2D eigenvalue weighted by molar-refractivity contribution is -0.162. The summed E-state index contributed by atoms with van der Waals surface area (Å²) < 4.78 is 0. The lowest BCUT2D eigenvalue weighted by atomic mass is 9.55. The van der Waals surface area contributed by atoms with E-state index in [2.05, 4.69) is 4.90 Å². The van der Waals surface area contributed by atoms with Crippen LogP contribution in [0.1, 0.15) is 80.3 Å². The average Bonchev–Trinajstić information content (AvgIpc) is 2.95. The van der Waals surface area contributed by atoms with E-state index in [0.29, 0.717) is 11.1 Å². The number of nitrogens with two attached hydrogens (primary N) is 1. The molecule has 0 aromatic heterocycles. The fourth-order valence-corrected chi connectivity index (χ4v) is 8.23. The van der Waals surface area contributed by atoms with Crippen molar-refractivity contribution >= 4 is 17.5 Å². The van der Waals surface area contributed by atoms with Crippen molar-refractivity contribution in [3.8, 4) is 5.75 Å². The summed E-state index contributed by atoms with van der Waals surface area (Å²) in [6.07, 6.45) is 3.70. The number of phenolic OH excluding ortho intramolecular Hbond substituents is 1. The summed E-state index contributed by atoms with van der Waals surface area (Å²) >= 11 is 0. The first-order valence-corrected chi connectivity index (χ1v) is 15.5. The Morgan fingerprint density at radius 2 is 1.75 bits per heavy atom. The summed E-state index contributed by atoms with van der Waals surface area (Å²) in [7, 11) is 3.02. The minimum absolute atomic E-state index is 0.0490. The predicted molar refractivity (Wildman–Crippen MR) is 162 cm³/mol. The highest BCUT2D eigenvalue weighted by atomic mass is 16.4. The van der Waals surface area contributed by atoms with Gasteiger partial charge in [0.15, 0.2) is 11.4 Å². The van der Waals surface area contributed by atoms with Crippen molar-refractivity contribution in [2.75, 3.05) is 33.7 Å². The van der Waals surface area contributed by atoms with E-state index in [1.54, 1.807) is 19.1 Å². The van der Waals surface area contributed by atoms with Crippen LogP contribution in [0.3, 0.4) is 0 Å². The van der Waals surface area contributed by atoms with E-state index in [1.165, 1.54) is 38.3 Å². The molecule has 6 atom stereocenters. The van der Waals surface area contributed by atoms with Crippen molar-refractivity contribution in [1.29, 1.82) is 0 Å². The van der Waals surface area contributed by atoms with Crippen LogP contribution in [0.25, 0.3) is 0 Å². The van der Waals surface area contributed by atoms with Gasteiger partial charge in [0.05, 0.1) is 23.6 Å². The number of Topliss-reactive ketones (excluding diaryl/α,β-unsaturated/α-hetero) is 2. The van der Waals surface area contributed by atoms with Crippen molar-refractivity contribution in [2.24, 2.45) is 17.6 Å². The van der Waals surface area contributed by atoms with Crippen molar-refractivity contribution in [3.05, 3.63) is 51.5 Å². The zero-order valence-corrected chi connectivity index (χ0v) is 26.1. The number of nitrogens with zero attached hydrogens (tertiary/aromatic N) is 2. The molecule has 4 aliphatic rings. The first-order valence-electron chi connectivity index (χ1n) is 15.5. The number of amides is 1. The number of ketones is 2. The van der Waals surface area contributed by atoms with Crippen LogP contribution in [0.15, 0.2) is 34.8 Å². The van der Waals surface area contributed by atoms with E-state index in [9.17, 15) is 39.9 Å². The van der Waals surface area contributed by atoms with E-state index >= 15 is 0 Å². The van der Waals surface area contributed by atoms with Crippen LogP contribution in [0.4, 0.5) is 0 Å². The Bertz CT molecular complexity index is 1460. The van der Waals surface area contributed by atoms with Crippen molar-refractivity contribution < 1.29 is 39.9 Å². The molecule has 0 unspecified atom stereocenters. The lowest BCUT2D eigenvalue weighted by Gasteiger charge is -2.53. The lowest BCUT2D eigenvalue weighted by Crippen LogP contribution is -2.68. The number of piperidine rings is 1. The Balaban J connectivity index is 1.58. The normalized spacial score (nSPS) is 31.2. The number of carbonyl (C=O) groups excluding carboxylic acids is 3. The highest BCUT2D eigenvalue weighted by molar-refractivity contribution is 6.25. The molecule has 240 valence electrons. The minimum Gasteiger partial charge on any atom is -0.510 e.